The number of benzene rings is 2. The molecule has 0 saturated carbocycles. The minimum absolute atomic E-state index is 0.0575. The van der Waals surface area contributed by atoms with Crippen LogP contribution in [0.15, 0.2) is 54.6 Å². The van der Waals surface area contributed by atoms with Crippen molar-refractivity contribution in [3.05, 3.63) is 71.3 Å². The number of rotatable bonds is 6. The Kier molecular flexibility index (Phi) is 6.13. The van der Waals surface area contributed by atoms with Gasteiger partial charge >= 0.3 is 0 Å². The van der Waals surface area contributed by atoms with Crippen LogP contribution in [0.2, 0.25) is 0 Å². The van der Waals surface area contributed by atoms with Crippen molar-refractivity contribution in [2.45, 2.75) is 32.9 Å². The molecule has 2 rings (SSSR count). The fraction of sp³-hybridized carbons (Fsp3) is 0.300. The van der Waals surface area contributed by atoms with Crippen molar-refractivity contribution < 1.29 is 9.59 Å². The molecule has 0 aliphatic rings. The third-order valence-electron chi connectivity index (χ3n) is 4.09. The predicted molar refractivity (Wildman–Crippen MR) is 95.4 cm³/mol. The Hall–Kier alpha value is -2.62. The first-order chi connectivity index (χ1) is 11.5. The summed E-state index contributed by atoms with van der Waals surface area (Å²) in [5.74, 6) is -0.221. The third-order valence-corrected chi connectivity index (χ3v) is 4.09. The zero-order valence-electron chi connectivity index (χ0n) is 14.5. The fourth-order valence-corrected chi connectivity index (χ4v) is 2.55. The number of likely N-dealkylation sites (N-methyl/N-ethyl adjacent to an activating group) is 1. The largest absolute Gasteiger partial charge is 0.357 e. The van der Waals surface area contributed by atoms with E-state index in [0.717, 1.165) is 11.1 Å². The summed E-state index contributed by atoms with van der Waals surface area (Å²) in [6, 6.07) is 17.1. The van der Waals surface area contributed by atoms with Gasteiger partial charge in [-0.1, -0.05) is 60.2 Å². The molecule has 0 radical (unpaired) electrons. The lowest BCUT2D eigenvalue weighted by atomic mass is 10.1. The summed E-state index contributed by atoms with van der Waals surface area (Å²) < 4.78 is 0. The van der Waals surface area contributed by atoms with Crippen LogP contribution in [0.1, 0.15) is 23.6 Å². The summed E-state index contributed by atoms with van der Waals surface area (Å²) in [7, 11) is 1.59. The molecule has 0 spiro atoms. The van der Waals surface area contributed by atoms with Crippen LogP contribution in [0.25, 0.3) is 0 Å². The highest BCUT2D eigenvalue weighted by Gasteiger charge is 2.25. The lowest BCUT2D eigenvalue weighted by molar-refractivity contribution is -0.139. The molecular weight excluding hydrogens is 300 g/mol. The molecule has 0 saturated heterocycles. The normalized spacial score (nSPS) is 11.6. The van der Waals surface area contributed by atoms with Gasteiger partial charge in [-0.15, -0.1) is 0 Å². The molecule has 0 heterocycles. The Bertz CT molecular complexity index is 681. The summed E-state index contributed by atoms with van der Waals surface area (Å²) in [5.41, 5.74) is 3.12. The molecule has 2 amide bonds. The highest BCUT2D eigenvalue weighted by Crippen LogP contribution is 2.13. The molecule has 0 fully saturated rings. The van der Waals surface area contributed by atoms with Crippen LogP contribution >= 0.6 is 0 Å². The van der Waals surface area contributed by atoms with Crippen molar-refractivity contribution in [3.63, 3.8) is 0 Å². The van der Waals surface area contributed by atoms with Crippen LogP contribution in [0.5, 0.6) is 0 Å². The molecule has 1 N–H and O–H groups in total. The van der Waals surface area contributed by atoms with Crippen LogP contribution in [0, 0.1) is 6.92 Å². The zero-order valence-corrected chi connectivity index (χ0v) is 14.5. The third kappa shape index (κ3) is 4.69. The van der Waals surface area contributed by atoms with Gasteiger partial charge in [-0.05, 0) is 25.0 Å². The van der Waals surface area contributed by atoms with Gasteiger partial charge in [-0.25, -0.2) is 0 Å². The van der Waals surface area contributed by atoms with Gasteiger partial charge in [0.2, 0.25) is 11.8 Å². The summed E-state index contributed by atoms with van der Waals surface area (Å²) >= 11 is 0. The van der Waals surface area contributed by atoms with Crippen LogP contribution in [0.3, 0.4) is 0 Å². The van der Waals surface area contributed by atoms with E-state index in [9.17, 15) is 9.59 Å². The van der Waals surface area contributed by atoms with Gasteiger partial charge in [0.25, 0.3) is 0 Å². The highest BCUT2D eigenvalue weighted by molar-refractivity contribution is 5.88. The molecular formula is C20H24N2O2. The van der Waals surface area contributed by atoms with Crippen LogP contribution in [-0.4, -0.2) is 29.8 Å². The van der Waals surface area contributed by atoms with Crippen molar-refractivity contribution in [3.8, 4) is 0 Å². The summed E-state index contributed by atoms with van der Waals surface area (Å²) in [6.45, 7) is 4.20. The second-order valence-electron chi connectivity index (χ2n) is 5.96. The first-order valence-corrected chi connectivity index (χ1v) is 8.12. The van der Waals surface area contributed by atoms with E-state index in [2.05, 4.69) is 5.32 Å². The fourth-order valence-electron chi connectivity index (χ4n) is 2.55. The zero-order chi connectivity index (χ0) is 17.5. The summed E-state index contributed by atoms with van der Waals surface area (Å²) in [5, 5.41) is 2.63. The van der Waals surface area contributed by atoms with Crippen molar-refractivity contribution in [1.29, 1.82) is 0 Å². The Morgan fingerprint density at radius 1 is 1.00 bits per heavy atom. The maximum atomic E-state index is 12.8. The van der Waals surface area contributed by atoms with Gasteiger partial charge in [-0.3, -0.25) is 9.59 Å². The smallest absolute Gasteiger partial charge is 0.242 e. The van der Waals surface area contributed by atoms with Crippen molar-refractivity contribution in [1.82, 2.24) is 10.2 Å². The van der Waals surface area contributed by atoms with Crippen LogP contribution in [-0.2, 0) is 22.6 Å². The Morgan fingerprint density at radius 3 is 2.21 bits per heavy atom. The molecule has 0 aliphatic heterocycles. The van der Waals surface area contributed by atoms with Gasteiger partial charge in [0.1, 0.15) is 6.04 Å². The number of nitrogens with zero attached hydrogens (tertiary/aromatic N) is 1. The molecule has 0 unspecified atom stereocenters. The lowest BCUT2D eigenvalue weighted by Gasteiger charge is -2.28. The molecule has 0 aliphatic carbocycles. The number of hydrogen-bond donors (Lipinski definition) is 1. The van der Waals surface area contributed by atoms with Crippen molar-refractivity contribution in [2.24, 2.45) is 0 Å². The molecule has 4 heteroatoms. The van der Waals surface area contributed by atoms with Gasteiger partial charge in [-0.2, -0.15) is 0 Å². The molecule has 0 aromatic heterocycles. The average Bonchev–Trinajstić information content (AvgIpc) is 2.60. The van der Waals surface area contributed by atoms with E-state index in [1.807, 2.05) is 61.5 Å². The van der Waals surface area contributed by atoms with Gasteiger partial charge in [0.15, 0.2) is 0 Å². The molecule has 1 atom stereocenters. The van der Waals surface area contributed by atoms with E-state index >= 15 is 0 Å². The van der Waals surface area contributed by atoms with Crippen molar-refractivity contribution >= 4 is 11.8 Å². The van der Waals surface area contributed by atoms with Gasteiger partial charge in [0.05, 0.1) is 6.42 Å². The van der Waals surface area contributed by atoms with Crippen LogP contribution < -0.4 is 5.32 Å². The maximum Gasteiger partial charge on any atom is 0.242 e. The Balaban J connectivity index is 2.19. The second-order valence-corrected chi connectivity index (χ2v) is 5.96. The quantitative estimate of drug-likeness (QED) is 0.888. The topological polar surface area (TPSA) is 49.4 Å². The lowest BCUT2D eigenvalue weighted by Crippen LogP contribution is -2.47. The molecule has 2 aromatic carbocycles. The van der Waals surface area contributed by atoms with E-state index in [1.54, 1.807) is 18.9 Å². The predicted octanol–water partition coefficient (Wildman–Crippen LogP) is 2.70. The van der Waals surface area contributed by atoms with Gasteiger partial charge in [0, 0.05) is 13.6 Å². The minimum Gasteiger partial charge on any atom is -0.357 e. The number of amides is 2. The van der Waals surface area contributed by atoms with E-state index < -0.39 is 6.04 Å². The summed E-state index contributed by atoms with van der Waals surface area (Å²) in [4.78, 5) is 26.5. The second kappa shape index (κ2) is 8.29. The van der Waals surface area contributed by atoms with E-state index in [-0.39, 0.29) is 18.2 Å². The molecule has 2 aromatic rings. The van der Waals surface area contributed by atoms with Crippen LogP contribution in [0.4, 0.5) is 0 Å². The highest BCUT2D eigenvalue weighted by atomic mass is 16.2. The Morgan fingerprint density at radius 2 is 1.62 bits per heavy atom. The average molecular weight is 324 g/mol. The molecule has 4 nitrogen and oxygen atoms in total. The molecule has 0 bridgehead atoms. The number of hydrogen-bond acceptors (Lipinski definition) is 2. The summed E-state index contributed by atoms with van der Waals surface area (Å²) in [6.07, 6.45) is 0.286. The first-order valence-electron chi connectivity index (χ1n) is 8.12. The van der Waals surface area contributed by atoms with Crippen molar-refractivity contribution in [2.75, 3.05) is 7.05 Å². The SMILES string of the molecule is CNC(=O)[C@H](C)N(Cc1ccc(C)cc1)C(=O)Cc1ccccc1. The standard InChI is InChI=1S/C20H24N2O2/c1-15-9-11-18(12-10-15)14-22(16(2)20(24)21-3)19(23)13-17-7-5-4-6-8-17/h4-12,16H,13-14H2,1-3H3,(H,21,24)/t16-/m0/s1. The number of carbonyl (C=O) groups excluding carboxylic acids is 2. The monoisotopic (exact) mass is 324 g/mol. The Labute approximate surface area is 143 Å². The minimum atomic E-state index is -0.521. The number of nitrogens with one attached hydrogen (secondary N) is 1. The van der Waals surface area contributed by atoms with Gasteiger partial charge < -0.3 is 10.2 Å². The first kappa shape index (κ1) is 17.7. The van der Waals surface area contributed by atoms with E-state index in [1.165, 1.54) is 5.56 Å². The maximum absolute atomic E-state index is 12.8. The molecule has 24 heavy (non-hydrogen) atoms. The molecule has 126 valence electrons. The number of carbonyl (C=O) groups is 2. The number of aryl methyl sites for hydroxylation is 1. The van der Waals surface area contributed by atoms with E-state index in [4.69, 9.17) is 0 Å². The van der Waals surface area contributed by atoms with E-state index in [0.29, 0.717) is 6.54 Å².